The number of aliphatic hydroxyl groups is 2. The number of benzene rings is 1. The number of ether oxygens (including phenoxy) is 2. The standard InChI is InChI=1S/C18H27NO5/c1-12(20)13-3-8-17(18(9-13)23-2)24-11-16(22)10-19-14-4-6-15(21)7-5-14/h3,8-9,14-16,19,21-22H,4-7,10-11H2,1-2H3. The highest BCUT2D eigenvalue weighted by Crippen LogP contribution is 2.28. The molecule has 2 rings (SSSR count). The largest absolute Gasteiger partial charge is 0.493 e. The summed E-state index contributed by atoms with van der Waals surface area (Å²) in [5, 5.41) is 22.9. The molecule has 1 fully saturated rings. The Morgan fingerprint density at radius 3 is 2.62 bits per heavy atom. The average Bonchev–Trinajstić information content (AvgIpc) is 2.59. The molecule has 3 N–H and O–H groups in total. The summed E-state index contributed by atoms with van der Waals surface area (Å²) < 4.78 is 10.9. The Hall–Kier alpha value is -1.63. The van der Waals surface area contributed by atoms with Gasteiger partial charge in [-0.15, -0.1) is 0 Å². The summed E-state index contributed by atoms with van der Waals surface area (Å²) in [5.41, 5.74) is 0.556. The SMILES string of the molecule is COc1cc(C(C)=O)ccc1OCC(O)CNC1CCC(O)CC1. The van der Waals surface area contributed by atoms with Crippen LogP contribution in [0.4, 0.5) is 0 Å². The first-order chi connectivity index (χ1) is 11.5. The van der Waals surface area contributed by atoms with Gasteiger partial charge in [0.15, 0.2) is 17.3 Å². The Kier molecular flexibility index (Phi) is 7.02. The van der Waals surface area contributed by atoms with E-state index in [9.17, 15) is 15.0 Å². The summed E-state index contributed by atoms with van der Waals surface area (Å²) in [6.07, 6.45) is 2.65. The monoisotopic (exact) mass is 337 g/mol. The third-order valence-corrected chi connectivity index (χ3v) is 4.34. The molecule has 1 unspecified atom stereocenters. The molecule has 0 spiro atoms. The van der Waals surface area contributed by atoms with Gasteiger partial charge in [-0.2, -0.15) is 0 Å². The summed E-state index contributed by atoms with van der Waals surface area (Å²) >= 11 is 0. The first-order valence-corrected chi connectivity index (χ1v) is 8.41. The number of rotatable bonds is 8. The van der Waals surface area contributed by atoms with Gasteiger partial charge in [0.2, 0.25) is 0 Å². The van der Waals surface area contributed by atoms with E-state index in [2.05, 4.69) is 5.32 Å². The topological polar surface area (TPSA) is 88.0 Å². The lowest BCUT2D eigenvalue weighted by Crippen LogP contribution is -2.40. The van der Waals surface area contributed by atoms with Crippen LogP contribution >= 0.6 is 0 Å². The van der Waals surface area contributed by atoms with Crippen LogP contribution in [0.25, 0.3) is 0 Å². The smallest absolute Gasteiger partial charge is 0.161 e. The van der Waals surface area contributed by atoms with Gasteiger partial charge >= 0.3 is 0 Å². The van der Waals surface area contributed by atoms with E-state index in [1.54, 1.807) is 18.2 Å². The lowest BCUT2D eigenvalue weighted by atomic mass is 9.93. The van der Waals surface area contributed by atoms with E-state index in [-0.39, 0.29) is 18.5 Å². The van der Waals surface area contributed by atoms with E-state index < -0.39 is 6.10 Å². The third-order valence-electron chi connectivity index (χ3n) is 4.34. The first kappa shape index (κ1) is 18.7. The Labute approximate surface area is 142 Å². The zero-order valence-corrected chi connectivity index (χ0v) is 14.3. The molecule has 0 aliphatic heterocycles. The number of ketones is 1. The number of carbonyl (C=O) groups is 1. The fraction of sp³-hybridized carbons (Fsp3) is 0.611. The van der Waals surface area contributed by atoms with Crippen molar-refractivity contribution in [3.05, 3.63) is 23.8 Å². The van der Waals surface area contributed by atoms with Crippen LogP contribution in [0, 0.1) is 0 Å². The van der Waals surface area contributed by atoms with Crippen LogP contribution < -0.4 is 14.8 Å². The molecule has 24 heavy (non-hydrogen) atoms. The summed E-state index contributed by atoms with van der Waals surface area (Å²) in [5.74, 6) is 0.938. The Morgan fingerprint density at radius 2 is 2.00 bits per heavy atom. The maximum absolute atomic E-state index is 11.4. The molecule has 1 aromatic carbocycles. The predicted octanol–water partition coefficient (Wildman–Crippen LogP) is 1.53. The minimum absolute atomic E-state index is 0.0401. The summed E-state index contributed by atoms with van der Waals surface area (Å²) in [6.45, 7) is 2.07. The maximum atomic E-state index is 11.4. The van der Waals surface area contributed by atoms with Gasteiger partial charge < -0.3 is 25.0 Å². The van der Waals surface area contributed by atoms with Crippen LogP contribution in [0.2, 0.25) is 0 Å². The highest BCUT2D eigenvalue weighted by atomic mass is 16.5. The van der Waals surface area contributed by atoms with Crippen molar-refractivity contribution in [3.8, 4) is 11.5 Å². The number of aliphatic hydroxyl groups excluding tert-OH is 2. The van der Waals surface area contributed by atoms with Crippen LogP contribution in [0.15, 0.2) is 18.2 Å². The van der Waals surface area contributed by atoms with Gasteiger partial charge in [-0.1, -0.05) is 0 Å². The fourth-order valence-electron chi connectivity index (χ4n) is 2.83. The van der Waals surface area contributed by atoms with Crippen molar-refractivity contribution in [1.82, 2.24) is 5.32 Å². The van der Waals surface area contributed by atoms with E-state index in [0.717, 1.165) is 25.7 Å². The molecule has 0 heterocycles. The molecule has 1 saturated carbocycles. The van der Waals surface area contributed by atoms with Gasteiger partial charge in [-0.25, -0.2) is 0 Å². The second kappa shape index (κ2) is 9.01. The quantitative estimate of drug-likeness (QED) is 0.624. The number of methoxy groups -OCH3 is 1. The lowest BCUT2D eigenvalue weighted by Gasteiger charge is -2.27. The number of nitrogens with one attached hydrogen (secondary N) is 1. The van der Waals surface area contributed by atoms with E-state index in [4.69, 9.17) is 9.47 Å². The molecule has 0 amide bonds. The third kappa shape index (κ3) is 5.47. The fourth-order valence-corrected chi connectivity index (χ4v) is 2.83. The minimum atomic E-state index is -0.644. The van der Waals surface area contributed by atoms with E-state index in [1.807, 2.05) is 0 Å². The van der Waals surface area contributed by atoms with Gasteiger partial charge in [-0.05, 0) is 50.8 Å². The molecule has 1 aliphatic rings. The van der Waals surface area contributed by atoms with Gasteiger partial charge in [0.05, 0.1) is 13.2 Å². The van der Waals surface area contributed by atoms with Crippen LogP contribution in [0.5, 0.6) is 11.5 Å². The van der Waals surface area contributed by atoms with Crippen LogP contribution in [0.3, 0.4) is 0 Å². The normalized spacial score (nSPS) is 22.0. The van der Waals surface area contributed by atoms with Crippen molar-refractivity contribution in [2.75, 3.05) is 20.3 Å². The van der Waals surface area contributed by atoms with Crippen molar-refractivity contribution < 1.29 is 24.5 Å². The molecule has 1 aliphatic carbocycles. The molecule has 6 heteroatoms. The van der Waals surface area contributed by atoms with Crippen molar-refractivity contribution in [1.29, 1.82) is 0 Å². The minimum Gasteiger partial charge on any atom is -0.493 e. The summed E-state index contributed by atoms with van der Waals surface area (Å²) in [4.78, 5) is 11.4. The van der Waals surface area contributed by atoms with Crippen LogP contribution in [-0.2, 0) is 0 Å². The molecule has 6 nitrogen and oxygen atoms in total. The first-order valence-electron chi connectivity index (χ1n) is 8.41. The van der Waals surface area contributed by atoms with Gasteiger partial charge in [0.25, 0.3) is 0 Å². The van der Waals surface area contributed by atoms with Crippen LogP contribution in [-0.4, -0.2) is 54.5 Å². The molecular formula is C18H27NO5. The Balaban J connectivity index is 1.78. The number of carbonyl (C=O) groups excluding carboxylic acids is 1. The molecule has 1 atom stereocenters. The average molecular weight is 337 g/mol. The predicted molar refractivity (Wildman–Crippen MR) is 90.8 cm³/mol. The van der Waals surface area contributed by atoms with Gasteiger partial charge in [-0.3, -0.25) is 4.79 Å². The Morgan fingerprint density at radius 1 is 1.29 bits per heavy atom. The lowest BCUT2D eigenvalue weighted by molar-refractivity contribution is 0.0891. The second-order valence-electron chi connectivity index (χ2n) is 6.30. The summed E-state index contributed by atoms with van der Waals surface area (Å²) in [7, 11) is 1.52. The van der Waals surface area contributed by atoms with Crippen molar-refractivity contribution in [2.24, 2.45) is 0 Å². The van der Waals surface area contributed by atoms with Crippen molar-refractivity contribution in [2.45, 2.75) is 50.9 Å². The van der Waals surface area contributed by atoms with Gasteiger partial charge in [0, 0.05) is 18.2 Å². The molecule has 0 saturated heterocycles. The van der Waals surface area contributed by atoms with Crippen molar-refractivity contribution in [3.63, 3.8) is 0 Å². The highest BCUT2D eigenvalue weighted by Gasteiger charge is 2.20. The summed E-state index contributed by atoms with van der Waals surface area (Å²) in [6, 6.07) is 5.33. The highest BCUT2D eigenvalue weighted by molar-refractivity contribution is 5.94. The molecule has 0 radical (unpaired) electrons. The maximum Gasteiger partial charge on any atom is 0.161 e. The molecule has 0 aromatic heterocycles. The molecule has 134 valence electrons. The Bertz CT molecular complexity index is 540. The second-order valence-corrected chi connectivity index (χ2v) is 6.30. The number of hydrogen-bond acceptors (Lipinski definition) is 6. The van der Waals surface area contributed by atoms with Gasteiger partial charge in [0.1, 0.15) is 12.7 Å². The van der Waals surface area contributed by atoms with E-state index in [1.165, 1.54) is 14.0 Å². The zero-order valence-electron chi connectivity index (χ0n) is 14.3. The van der Waals surface area contributed by atoms with Crippen LogP contribution in [0.1, 0.15) is 43.0 Å². The number of Topliss-reactive ketones (excluding diaryl/α,β-unsaturated/α-hetero) is 1. The zero-order chi connectivity index (χ0) is 17.5. The molecule has 0 bridgehead atoms. The van der Waals surface area contributed by atoms with E-state index in [0.29, 0.717) is 29.6 Å². The molecule has 1 aromatic rings. The van der Waals surface area contributed by atoms with E-state index >= 15 is 0 Å². The molecular weight excluding hydrogens is 310 g/mol. The van der Waals surface area contributed by atoms with Crippen molar-refractivity contribution >= 4 is 5.78 Å². The number of hydrogen-bond donors (Lipinski definition) is 3.